The van der Waals surface area contributed by atoms with Gasteiger partial charge in [-0.1, -0.05) is 13.8 Å². The topological polar surface area (TPSA) is 46.1 Å². The number of ketones is 1. The third kappa shape index (κ3) is 3.75. The molecular formula is C11H17N3O. The van der Waals surface area contributed by atoms with Crippen LogP contribution in [0.3, 0.4) is 0 Å². The molecule has 0 unspecified atom stereocenters. The van der Waals surface area contributed by atoms with Crippen LogP contribution in [-0.2, 0) is 0 Å². The van der Waals surface area contributed by atoms with Crippen molar-refractivity contribution in [3.05, 3.63) is 24.3 Å². The van der Waals surface area contributed by atoms with Crippen LogP contribution >= 0.6 is 0 Å². The molecule has 0 bridgehead atoms. The molecule has 0 saturated carbocycles. The second kappa shape index (κ2) is 6.24. The summed E-state index contributed by atoms with van der Waals surface area (Å²) in [6.45, 7) is 6.96. The minimum absolute atomic E-state index is 0.113. The van der Waals surface area contributed by atoms with Gasteiger partial charge in [-0.15, -0.1) is 0 Å². The molecule has 4 heteroatoms. The van der Waals surface area contributed by atoms with Gasteiger partial charge >= 0.3 is 0 Å². The number of hydrogen-bond donors (Lipinski definition) is 0. The number of carbonyl (C=O) groups is 1. The molecule has 0 N–H and O–H groups in total. The molecule has 0 saturated heterocycles. The molecule has 0 aliphatic rings. The molecule has 1 aromatic rings. The molecule has 0 aliphatic heterocycles. The predicted octanol–water partition coefficient (Wildman–Crippen LogP) is 1.39. The van der Waals surface area contributed by atoms with Crippen LogP contribution in [0.2, 0.25) is 0 Å². The van der Waals surface area contributed by atoms with Gasteiger partial charge in [-0.25, -0.2) is 9.97 Å². The lowest BCUT2D eigenvalue weighted by Crippen LogP contribution is -2.25. The average Bonchev–Trinajstić information content (AvgIpc) is 2.31. The second-order valence-electron chi connectivity index (χ2n) is 3.33. The van der Waals surface area contributed by atoms with E-state index in [0.717, 1.165) is 19.6 Å². The summed E-state index contributed by atoms with van der Waals surface area (Å²) < 4.78 is 0. The Morgan fingerprint density at radius 2 is 1.87 bits per heavy atom. The number of hydrogen-bond acceptors (Lipinski definition) is 4. The number of aromatic nitrogens is 2. The van der Waals surface area contributed by atoms with E-state index in [9.17, 15) is 4.79 Å². The van der Waals surface area contributed by atoms with Crippen LogP contribution in [-0.4, -0.2) is 40.3 Å². The van der Waals surface area contributed by atoms with Gasteiger partial charge in [0.25, 0.3) is 0 Å². The Labute approximate surface area is 90.3 Å². The van der Waals surface area contributed by atoms with Crippen LogP contribution < -0.4 is 0 Å². The SMILES string of the molecule is CCN(CC)CCC(=O)c1cncnc1. The monoisotopic (exact) mass is 207 g/mol. The van der Waals surface area contributed by atoms with Gasteiger partial charge in [-0.05, 0) is 13.1 Å². The van der Waals surface area contributed by atoms with Crippen molar-refractivity contribution in [2.45, 2.75) is 20.3 Å². The van der Waals surface area contributed by atoms with Gasteiger partial charge in [0.05, 0.1) is 5.56 Å². The van der Waals surface area contributed by atoms with Crippen LogP contribution in [0, 0.1) is 0 Å². The molecule has 0 aromatic carbocycles. The Balaban J connectivity index is 2.43. The minimum atomic E-state index is 0.113. The third-order valence-electron chi connectivity index (χ3n) is 2.43. The lowest BCUT2D eigenvalue weighted by atomic mass is 10.1. The van der Waals surface area contributed by atoms with E-state index in [0.29, 0.717) is 12.0 Å². The molecule has 1 heterocycles. The van der Waals surface area contributed by atoms with E-state index in [1.165, 1.54) is 6.33 Å². The van der Waals surface area contributed by atoms with Gasteiger partial charge in [-0.2, -0.15) is 0 Å². The molecule has 0 atom stereocenters. The Bertz CT molecular complexity index is 296. The summed E-state index contributed by atoms with van der Waals surface area (Å²) in [7, 11) is 0. The quantitative estimate of drug-likeness (QED) is 0.661. The van der Waals surface area contributed by atoms with Crippen LogP contribution in [0.4, 0.5) is 0 Å². The van der Waals surface area contributed by atoms with Crippen molar-refractivity contribution in [1.29, 1.82) is 0 Å². The average molecular weight is 207 g/mol. The highest BCUT2D eigenvalue weighted by Gasteiger charge is 2.07. The van der Waals surface area contributed by atoms with E-state index in [1.54, 1.807) is 12.4 Å². The van der Waals surface area contributed by atoms with Crippen LogP contribution in [0.5, 0.6) is 0 Å². The van der Waals surface area contributed by atoms with Crippen molar-refractivity contribution in [3.63, 3.8) is 0 Å². The summed E-state index contributed by atoms with van der Waals surface area (Å²) in [5.74, 6) is 0.113. The number of rotatable bonds is 6. The zero-order valence-electron chi connectivity index (χ0n) is 9.31. The fraction of sp³-hybridized carbons (Fsp3) is 0.545. The summed E-state index contributed by atoms with van der Waals surface area (Å²) in [6.07, 6.45) is 5.10. The molecule has 1 aromatic heterocycles. The predicted molar refractivity (Wildman–Crippen MR) is 58.8 cm³/mol. The molecule has 0 amide bonds. The first kappa shape index (κ1) is 11.8. The highest BCUT2D eigenvalue weighted by Crippen LogP contribution is 2.00. The maximum Gasteiger partial charge on any atom is 0.167 e. The molecule has 0 spiro atoms. The van der Waals surface area contributed by atoms with Gasteiger partial charge in [0.15, 0.2) is 5.78 Å². The van der Waals surface area contributed by atoms with Gasteiger partial charge in [-0.3, -0.25) is 4.79 Å². The van der Waals surface area contributed by atoms with E-state index in [2.05, 4.69) is 28.7 Å². The van der Waals surface area contributed by atoms with Gasteiger partial charge in [0, 0.05) is 25.4 Å². The van der Waals surface area contributed by atoms with E-state index >= 15 is 0 Å². The lowest BCUT2D eigenvalue weighted by molar-refractivity contribution is 0.0966. The molecule has 15 heavy (non-hydrogen) atoms. The fourth-order valence-corrected chi connectivity index (χ4v) is 1.39. The summed E-state index contributed by atoms with van der Waals surface area (Å²) in [4.78, 5) is 21.6. The van der Waals surface area contributed by atoms with Gasteiger partial charge < -0.3 is 4.90 Å². The number of nitrogens with zero attached hydrogens (tertiary/aromatic N) is 3. The first-order valence-corrected chi connectivity index (χ1v) is 5.28. The fourth-order valence-electron chi connectivity index (χ4n) is 1.39. The summed E-state index contributed by atoms with van der Waals surface area (Å²) in [5.41, 5.74) is 0.602. The van der Waals surface area contributed by atoms with E-state index in [-0.39, 0.29) is 5.78 Å². The molecule has 4 nitrogen and oxygen atoms in total. The molecule has 1 rings (SSSR count). The summed E-state index contributed by atoms with van der Waals surface area (Å²) >= 11 is 0. The zero-order valence-corrected chi connectivity index (χ0v) is 9.31. The van der Waals surface area contributed by atoms with Crippen molar-refractivity contribution >= 4 is 5.78 Å². The number of Topliss-reactive ketones (excluding diaryl/α,β-unsaturated/α-hetero) is 1. The smallest absolute Gasteiger partial charge is 0.167 e. The Hall–Kier alpha value is -1.29. The maximum absolute atomic E-state index is 11.7. The largest absolute Gasteiger partial charge is 0.303 e. The first-order valence-electron chi connectivity index (χ1n) is 5.28. The standard InChI is InChI=1S/C11H17N3O/c1-3-14(4-2)6-5-11(15)10-7-12-9-13-8-10/h7-9H,3-6H2,1-2H3. The third-order valence-corrected chi connectivity index (χ3v) is 2.43. The molecule has 0 fully saturated rings. The molecule has 0 radical (unpaired) electrons. The van der Waals surface area contributed by atoms with Crippen LogP contribution in [0.1, 0.15) is 30.6 Å². The van der Waals surface area contributed by atoms with Crippen molar-refractivity contribution in [1.82, 2.24) is 14.9 Å². The van der Waals surface area contributed by atoms with Crippen molar-refractivity contribution in [3.8, 4) is 0 Å². The van der Waals surface area contributed by atoms with Crippen molar-refractivity contribution in [2.24, 2.45) is 0 Å². The van der Waals surface area contributed by atoms with Crippen LogP contribution in [0.25, 0.3) is 0 Å². The first-order chi connectivity index (χ1) is 7.27. The second-order valence-corrected chi connectivity index (χ2v) is 3.33. The zero-order chi connectivity index (χ0) is 11.1. The molecular weight excluding hydrogens is 190 g/mol. The van der Waals surface area contributed by atoms with E-state index in [4.69, 9.17) is 0 Å². The van der Waals surface area contributed by atoms with Gasteiger partial charge in [0.2, 0.25) is 0 Å². The molecule has 0 aliphatic carbocycles. The summed E-state index contributed by atoms with van der Waals surface area (Å²) in [5, 5.41) is 0. The minimum Gasteiger partial charge on any atom is -0.303 e. The van der Waals surface area contributed by atoms with Crippen LogP contribution in [0.15, 0.2) is 18.7 Å². The Morgan fingerprint density at radius 1 is 1.27 bits per heavy atom. The highest BCUT2D eigenvalue weighted by atomic mass is 16.1. The van der Waals surface area contributed by atoms with E-state index in [1.807, 2.05) is 0 Å². The van der Waals surface area contributed by atoms with Crippen molar-refractivity contribution in [2.75, 3.05) is 19.6 Å². The van der Waals surface area contributed by atoms with E-state index < -0.39 is 0 Å². The maximum atomic E-state index is 11.7. The van der Waals surface area contributed by atoms with Gasteiger partial charge in [0.1, 0.15) is 6.33 Å². The molecule has 82 valence electrons. The van der Waals surface area contributed by atoms with Crippen molar-refractivity contribution < 1.29 is 4.79 Å². The Kier molecular flexibility index (Phi) is 4.90. The lowest BCUT2D eigenvalue weighted by Gasteiger charge is -2.16. The highest BCUT2D eigenvalue weighted by molar-refractivity contribution is 5.95. The Morgan fingerprint density at radius 3 is 2.40 bits per heavy atom. The normalized spacial score (nSPS) is 10.6. The number of carbonyl (C=O) groups excluding carboxylic acids is 1. The summed E-state index contributed by atoms with van der Waals surface area (Å²) in [6, 6.07) is 0.